The molecule has 0 bridgehead atoms. The van der Waals surface area contributed by atoms with Gasteiger partial charge in [0, 0.05) is 43.3 Å². The maximum absolute atomic E-state index is 13.4. The molecule has 1 atom stereocenters. The lowest BCUT2D eigenvalue weighted by Crippen LogP contribution is -2.42. The van der Waals surface area contributed by atoms with Gasteiger partial charge in [-0.05, 0) is 20.8 Å². The first-order chi connectivity index (χ1) is 15.2. The Bertz CT molecular complexity index is 1060. The summed E-state index contributed by atoms with van der Waals surface area (Å²) in [5, 5.41) is 2.88. The molecule has 0 aliphatic carbocycles. The Morgan fingerprint density at radius 3 is 2.34 bits per heavy atom. The minimum atomic E-state index is -4.50. The topological polar surface area (TPSA) is 83.9 Å². The highest BCUT2D eigenvalue weighted by Crippen LogP contribution is 2.28. The molecule has 7 nitrogen and oxygen atoms in total. The Labute approximate surface area is 183 Å². The molecule has 1 amide bonds. The first-order valence-corrected chi connectivity index (χ1v) is 10.0. The third-order valence-corrected chi connectivity index (χ3v) is 4.86. The molecule has 0 fully saturated rings. The number of anilines is 1. The summed E-state index contributed by atoms with van der Waals surface area (Å²) in [6.45, 7) is 6.10. The summed E-state index contributed by atoms with van der Waals surface area (Å²) in [5.74, 6) is 0.364. The SMILES string of the molecule is CCN(C(=O)c1cnc(C)nc1-c1ccccc1)[C@@H](C)CNc1ncc(C(F)(F)F)cn1. The standard InChI is InChI=1S/C22H23F3N6O/c1-4-31(14(2)10-27-21-28-11-17(12-29-21)22(23,24)25)20(32)18-13-26-15(3)30-19(18)16-8-6-5-7-9-16/h5-9,11-14H,4,10H2,1-3H3,(H,27,28,29)/t14-/m0/s1. The number of hydrogen-bond acceptors (Lipinski definition) is 6. The highest BCUT2D eigenvalue weighted by atomic mass is 19.4. The Morgan fingerprint density at radius 1 is 1.09 bits per heavy atom. The van der Waals surface area contributed by atoms with Crippen LogP contribution in [0.2, 0.25) is 0 Å². The number of halogens is 3. The second-order valence-corrected chi connectivity index (χ2v) is 7.16. The molecule has 32 heavy (non-hydrogen) atoms. The maximum Gasteiger partial charge on any atom is 0.419 e. The molecule has 168 valence electrons. The summed E-state index contributed by atoms with van der Waals surface area (Å²) in [4.78, 5) is 31.1. The van der Waals surface area contributed by atoms with Gasteiger partial charge >= 0.3 is 6.18 Å². The van der Waals surface area contributed by atoms with Gasteiger partial charge in [-0.25, -0.2) is 19.9 Å². The van der Waals surface area contributed by atoms with Crippen LogP contribution in [0, 0.1) is 6.92 Å². The quantitative estimate of drug-likeness (QED) is 0.587. The van der Waals surface area contributed by atoms with E-state index in [1.54, 1.807) is 11.8 Å². The van der Waals surface area contributed by atoms with Crippen molar-refractivity contribution in [3.05, 3.63) is 65.9 Å². The van der Waals surface area contributed by atoms with Crippen LogP contribution in [0.1, 0.15) is 35.6 Å². The summed E-state index contributed by atoms with van der Waals surface area (Å²) in [7, 11) is 0. The molecule has 0 aliphatic heterocycles. The molecule has 1 aromatic carbocycles. The molecule has 10 heteroatoms. The predicted molar refractivity (Wildman–Crippen MR) is 114 cm³/mol. The minimum Gasteiger partial charge on any atom is -0.352 e. The molecule has 1 N–H and O–H groups in total. The van der Waals surface area contributed by atoms with Gasteiger partial charge < -0.3 is 10.2 Å². The monoisotopic (exact) mass is 444 g/mol. The van der Waals surface area contributed by atoms with Gasteiger partial charge in [-0.15, -0.1) is 0 Å². The fourth-order valence-electron chi connectivity index (χ4n) is 3.17. The van der Waals surface area contributed by atoms with Crippen LogP contribution < -0.4 is 5.32 Å². The smallest absolute Gasteiger partial charge is 0.352 e. The van der Waals surface area contributed by atoms with Crippen molar-refractivity contribution in [3.8, 4) is 11.3 Å². The van der Waals surface area contributed by atoms with Crippen molar-refractivity contribution in [2.24, 2.45) is 0 Å². The summed E-state index contributed by atoms with van der Waals surface area (Å²) in [6, 6.07) is 9.07. The number of carbonyl (C=O) groups excluding carboxylic acids is 1. The lowest BCUT2D eigenvalue weighted by atomic mass is 10.1. The molecule has 0 saturated heterocycles. The second-order valence-electron chi connectivity index (χ2n) is 7.16. The highest BCUT2D eigenvalue weighted by Gasteiger charge is 2.31. The summed E-state index contributed by atoms with van der Waals surface area (Å²) >= 11 is 0. The third-order valence-electron chi connectivity index (χ3n) is 4.86. The zero-order valence-corrected chi connectivity index (χ0v) is 17.9. The van der Waals surface area contributed by atoms with E-state index in [0.29, 0.717) is 23.6 Å². The number of amides is 1. The van der Waals surface area contributed by atoms with Crippen LogP contribution in [-0.2, 0) is 6.18 Å². The van der Waals surface area contributed by atoms with E-state index in [-0.39, 0.29) is 24.4 Å². The fraction of sp³-hybridized carbons (Fsp3) is 0.318. The van der Waals surface area contributed by atoms with E-state index in [1.807, 2.05) is 44.2 Å². The first-order valence-electron chi connectivity index (χ1n) is 10.0. The largest absolute Gasteiger partial charge is 0.419 e. The summed E-state index contributed by atoms with van der Waals surface area (Å²) in [6.07, 6.45) is -1.53. The average Bonchev–Trinajstić information content (AvgIpc) is 2.78. The van der Waals surface area contributed by atoms with Gasteiger partial charge in [-0.1, -0.05) is 30.3 Å². The van der Waals surface area contributed by atoms with E-state index in [2.05, 4.69) is 25.3 Å². The third kappa shape index (κ3) is 5.37. The van der Waals surface area contributed by atoms with Crippen molar-refractivity contribution in [2.75, 3.05) is 18.4 Å². The predicted octanol–water partition coefficient (Wildman–Crippen LogP) is 4.22. The Balaban J connectivity index is 1.76. The molecule has 0 spiro atoms. The van der Waals surface area contributed by atoms with Gasteiger partial charge in [0.15, 0.2) is 0 Å². The van der Waals surface area contributed by atoms with Crippen LogP contribution >= 0.6 is 0 Å². The molecular weight excluding hydrogens is 421 g/mol. The van der Waals surface area contributed by atoms with Crippen LogP contribution in [0.3, 0.4) is 0 Å². The zero-order chi connectivity index (χ0) is 23.3. The number of alkyl halides is 3. The molecule has 2 aromatic heterocycles. The van der Waals surface area contributed by atoms with Gasteiger partial charge in [0.2, 0.25) is 5.95 Å². The van der Waals surface area contributed by atoms with Crippen molar-refractivity contribution < 1.29 is 18.0 Å². The number of rotatable bonds is 7. The van der Waals surface area contributed by atoms with Crippen molar-refractivity contribution in [3.63, 3.8) is 0 Å². The van der Waals surface area contributed by atoms with Gasteiger partial charge in [-0.2, -0.15) is 13.2 Å². The van der Waals surface area contributed by atoms with Crippen molar-refractivity contribution in [2.45, 2.75) is 33.0 Å². The van der Waals surface area contributed by atoms with Crippen LogP contribution in [0.15, 0.2) is 48.9 Å². The molecule has 2 heterocycles. The van der Waals surface area contributed by atoms with Crippen molar-refractivity contribution in [1.29, 1.82) is 0 Å². The number of aryl methyl sites for hydroxylation is 1. The molecule has 0 unspecified atom stereocenters. The second kappa shape index (κ2) is 9.71. The number of aromatic nitrogens is 4. The van der Waals surface area contributed by atoms with Gasteiger partial charge in [0.25, 0.3) is 5.91 Å². The van der Waals surface area contributed by atoms with E-state index in [9.17, 15) is 18.0 Å². The number of likely N-dealkylation sites (N-methyl/N-ethyl adjacent to an activating group) is 1. The Hall–Kier alpha value is -3.56. The van der Waals surface area contributed by atoms with Crippen LogP contribution in [0.5, 0.6) is 0 Å². The lowest BCUT2D eigenvalue weighted by Gasteiger charge is -2.29. The number of carbonyl (C=O) groups is 1. The fourth-order valence-corrected chi connectivity index (χ4v) is 3.17. The normalized spacial score (nSPS) is 12.3. The molecular formula is C22H23F3N6O. The summed E-state index contributed by atoms with van der Waals surface area (Å²) in [5.41, 5.74) is 0.810. The van der Waals surface area contributed by atoms with Gasteiger partial charge in [0.05, 0.1) is 16.8 Å². The van der Waals surface area contributed by atoms with E-state index in [4.69, 9.17) is 0 Å². The van der Waals surface area contributed by atoms with E-state index >= 15 is 0 Å². The van der Waals surface area contributed by atoms with Crippen LogP contribution in [0.4, 0.5) is 19.1 Å². The number of benzene rings is 1. The Morgan fingerprint density at radius 2 is 1.75 bits per heavy atom. The van der Waals surface area contributed by atoms with Gasteiger partial charge in [-0.3, -0.25) is 4.79 Å². The number of hydrogen-bond donors (Lipinski definition) is 1. The van der Waals surface area contributed by atoms with E-state index in [0.717, 1.165) is 18.0 Å². The van der Waals surface area contributed by atoms with Crippen LogP contribution in [-0.4, -0.2) is 49.9 Å². The molecule has 3 rings (SSSR count). The Kier molecular flexibility index (Phi) is 7.01. The highest BCUT2D eigenvalue weighted by molar-refractivity contribution is 5.99. The number of nitrogens with one attached hydrogen (secondary N) is 1. The summed E-state index contributed by atoms with van der Waals surface area (Å²) < 4.78 is 38.0. The molecule has 3 aromatic rings. The average molecular weight is 444 g/mol. The van der Waals surface area contributed by atoms with Gasteiger partial charge in [0.1, 0.15) is 5.82 Å². The molecule has 0 radical (unpaired) electrons. The van der Waals surface area contributed by atoms with E-state index < -0.39 is 11.7 Å². The molecule has 0 saturated carbocycles. The van der Waals surface area contributed by atoms with E-state index in [1.165, 1.54) is 6.20 Å². The molecule has 0 aliphatic rings. The zero-order valence-electron chi connectivity index (χ0n) is 17.9. The van der Waals surface area contributed by atoms with Crippen LogP contribution in [0.25, 0.3) is 11.3 Å². The van der Waals surface area contributed by atoms with Crippen molar-refractivity contribution in [1.82, 2.24) is 24.8 Å². The minimum absolute atomic E-state index is 0.0528. The maximum atomic E-state index is 13.4. The first kappa shape index (κ1) is 23.1. The number of nitrogens with zero attached hydrogens (tertiary/aromatic N) is 5. The lowest BCUT2D eigenvalue weighted by molar-refractivity contribution is -0.138. The van der Waals surface area contributed by atoms with Crippen molar-refractivity contribution >= 4 is 11.9 Å².